The van der Waals surface area contributed by atoms with E-state index in [1.807, 2.05) is 6.92 Å². The minimum Gasteiger partial charge on any atom is -0.466 e. The van der Waals surface area contributed by atoms with Gasteiger partial charge in [0.15, 0.2) is 0 Å². The van der Waals surface area contributed by atoms with Crippen LogP contribution < -0.4 is 0 Å². The van der Waals surface area contributed by atoms with Gasteiger partial charge in [-0.25, -0.2) is 0 Å². The van der Waals surface area contributed by atoms with Crippen LogP contribution in [0.2, 0.25) is 0 Å². The molecule has 0 radical (unpaired) electrons. The molecule has 0 unspecified atom stereocenters. The molecule has 3 aliphatic carbocycles. The molecule has 40 heavy (non-hydrogen) atoms. The molecule has 0 amide bonds. The van der Waals surface area contributed by atoms with Crippen LogP contribution in [-0.2, 0) is 15.7 Å². The number of carbonyl (C=O) groups excluding carboxylic acids is 1. The summed E-state index contributed by atoms with van der Waals surface area (Å²) in [6.45, 7) is 4.38. The normalized spacial score (nSPS) is 25.6. The Labute approximate surface area is 240 Å². The van der Waals surface area contributed by atoms with Crippen LogP contribution in [0, 0.1) is 17.8 Å². The summed E-state index contributed by atoms with van der Waals surface area (Å²) >= 11 is 0. The maximum atomic E-state index is 13.4. The largest absolute Gasteiger partial charge is 0.466 e. The van der Waals surface area contributed by atoms with Gasteiger partial charge in [-0.05, 0) is 93.5 Å². The Balaban J connectivity index is 1.53. The summed E-state index contributed by atoms with van der Waals surface area (Å²) in [5.74, 6) is 1.79. The standard InChI is InChI=1S/C34H52F3NO2/c1-2-40-33(39)25-28-14-19-32(31(24-28)29-15-17-30(18-16-29)34(35,36)37)38(23-21-27-12-8-5-9-13-27)22-20-26-10-6-3-4-7-11-26/h15-18,26-28,31-32H,2-14,19-25H2,1H3/t28-,31+,32-/m1/s1. The van der Waals surface area contributed by atoms with Crippen molar-refractivity contribution in [2.45, 2.75) is 134 Å². The summed E-state index contributed by atoms with van der Waals surface area (Å²) in [5, 5.41) is 0. The van der Waals surface area contributed by atoms with Gasteiger partial charge in [-0.15, -0.1) is 0 Å². The number of hydrogen-bond donors (Lipinski definition) is 0. The fourth-order valence-corrected chi connectivity index (χ4v) is 7.87. The lowest BCUT2D eigenvalue weighted by atomic mass is 9.72. The van der Waals surface area contributed by atoms with Gasteiger partial charge < -0.3 is 4.74 Å². The number of nitrogens with zero attached hydrogens (tertiary/aromatic N) is 1. The average Bonchev–Trinajstić information content (AvgIpc) is 3.23. The van der Waals surface area contributed by atoms with Crippen molar-refractivity contribution in [1.82, 2.24) is 4.90 Å². The molecule has 0 heterocycles. The van der Waals surface area contributed by atoms with E-state index in [-0.39, 0.29) is 17.8 Å². The van der Waals surface area contributed by atoms with E-state index in [1.54, 1.807) is 12.1 Å². The summed E-state index contributed by atoms with van der Waals surface area (Å²) in [6.07, 6.45) is 16.2. The Morgan fingerprint density at radius 2 is 1.35 bits per heavy atom. The van der Waals surface area contributed by atoms with Crippen LogP contribution >= 0.6 is 0 Å². The lowest BCUT2D eigenvalue weighted by Crippen LogP contribution is -2.45. The molecule has 1 aromatic rings. The molecule has 3 atom stereocenters. The molecule has 6 heteroatoms. The molecule has 4 rings (SSSR count). The summed E-state index contributed by atoms with van der Waals surface area (Å²) in [4.78, 5) is 15.1. The monoisotopic (exact) mass is 563 g/mol. The molecular formula is C34H52F3NO2. The molecule has 0 aromatic heterocycles. The van der Waals surface area contributed by atoms with Crippen LogP contribution in [0.1, 0.15) is 133 Å². The molecule has 3 aliphatic rings. The minimum atomic E-state index is -4.33. The van der Waals surface area contributed by atoms with Crippen molar-refractivity contribution in [1.29, 1.82) is 0 Å². The maximum Gasteiger partial charge on any atom is 0.416 e. The molecule has 3 fully saturated rings. The molecule has 3 saturated carbocycles. The van der Waals surface area contributed by atoms with Crippen LogP contribution in [0.3, 0.4) is 0 Å². The third-order valence-electron chi connectivity index (χ3n) is 10.2. The zero-order chi connectivity index (χ0) is 28.4. The predicted molar refractivity (Wildman–Crippen MR) is 155 cm³/mol. The highest BCUT2D eigenvalue weighted by Gasteiger charge is 2.37. The van der Waals surface area contributed by atoms with Crippen LogP contribution in [0.5, 0.6) is 0 Å². The Morgan fingerprint density at radius 1 is 0.800 bits per heavy atom. The molecule has 3 nitrogen and oxygen atoms in total. The van der Waals surface area contributed by atoms with E-state index in [2.05, 4.69) is 4.90 Å². The molecule has 0 saturated heterocycles. The van der Waals surface area contributed by atoms with Gasteiger partial charge in [-0.1, -0.05) is 82.8 Å². The first-order valence-electron chi connectivity index (χ1n) is 16.4. The fraction of sp³-hybridized carbons (Fsp3) is 0.794. The second-order valence-corrected chi connectivity index (χ2v) is 13.0. The lowest BCUT2D eigenvalue weighted by molar-refractivity contribution is -0.144. The van der Waals surface area contributed by atoms with Crippen molar-refractivity contribution < 1.29 is 22.7 Å². The SMILES string of the molecule is CCOC(=O)C[C@@H]1CC[C@@H](N(CCC2CCCCCC2)CCC2CCCCC2)[C@H](c2ccc(C(F)(F)F)cc2)C1. The van der Waals surface area contributed by atoms with E-state index >= 15 is 0 Å². The zero-order valence-electron chi connectivity index (χ0n) is 24.7. The number of ether oxygens (including phenoxy) is 1. The van der Waals surface area contributed by atoms with Crippen LogP contribution in [0.15, 0.2) is 24.3 Å². The van der Waals surface area contributed by atoms with E-state index in [4.69, 9.17) is 4.74 Å². The highest BCUT2D eigenvalue weighted by Crippen LogP contribution is 2.42. The van der Waals surface area contributed by atoms with E-state index < -0.39 is 11.7 Å². The first-order valence-corrected chi connectivity index (χ1v) is 16.4. The second kappa shape index (κ2) is 15.6. The Morgan fingerprint density at radius 3 is 1.88 bits per heavy atom. The van der Waals surface area contributed by atoms with Crippen LogP contribution in [0.25, 0.3) is 0 Å². The predicted octanol–water partition coefficient (Wildman–Crippen LogP) is 9.54. The van der Waals surface area contributed by atoms with Crippen molar-refractivity contribution in [3.63, 3.8) is 0 Å². The summed E-state index contributed by atoms with van der Waals surface area (Å²) in [6, 6.07) is 6.22. The van der Waals surface area contributed by atoms with E-state index in [0.717, 1.165) is 49.8 Å². The molecule has 1 aromatic carbocycles. The molecular weight excluding hydrogens is 511 g/mol. The minimum absolute atomic E-state index is 0.135. The number of benzene rings is 1. The van der Waals surface area contributed by atoms with Gasteiger partial charge in [-0.3, -0.25) is 9.69 Å². The number of alkyl halides is 3. The van der Waals surface area contributed by atoms with Gasteiger partial charge in [0, 0.05) is 12.5 Å². The topological polar surface area (TPSA) is 29.5 Å². The second-order valence-electron chi connectivity index (χ2n) is 13.0. The number of rotatable bonds is 11. The van der Waals surface area contributed by atoms with E-state index in [9.17, 15) is 18.0 Å². The van der Waals surface area contributed by atoms with Gasteiger partial charge in [-0.2, -0.15) is 13.2 Å². The quantitative estimate of drug-likeness (QED) is 0.198. The molecule has 226 valence electrons. The van der Waals surface area contributed by atoms with Gasteiger partial charge in [0.25, 0.3) is 0 Å². The smallest absolute Gasteiger partial charge is 0.416 e. The first kappa shape index (κ1) is 31.4. The highest BCUT2D eigenvalue weighted by atomic mass is 19.4. The number of carbonyl (C=O) groups is 1. The van der Waals surface area contributed by atoms with Gasteiger partial charge in [0.1, 0.15) is 0 Å². The van der Waals surface area contributed by atoms with Crippen molar-refractivity contribution >= 4 is 5.97 Å². The van der Waals surface area contributed by atoms with Gasteiger partial charge in [0.05, 0.1) is 12.2 Å². The summed E-state index contributed by atoms with van der Waals surface area (Å²) < 4.78 is 45.4. The van der Waals surface area contributed by atoms with Crippen LogP contribution in [0.4, 0.5) is 13.2 Å². The van der Waals surface area contributed by atoms with E-state index in [0.29, 0.717) is 19.1 Å². The summed E-state index contributed by atoms with van der Waals surface area (Å²) in [5.41, 5.74) is 0.401. The molecule has 0 N–H and O–H groups in total. The Kier molecular flexibility index (Phi) is 12.2. The van der Waals surface area contributed by atoms with Crippen molar-refractivity contribution in [3.05, 3.63) is 35.4 Å². The zero-order valence-corrected chi connectivity index (χ0v) is 24.7. The van der Waals surface area contributed by atoms with Crippen molar-refractivity contribution in [2.24, 2.45) is 17.8 Å². The van der Waals surface area contributed by atoms with Crippen molar-refractivity contribution in [2.75, 3.05) is 19.7 Å². The van der Waals surface area contributed by atoms with Crippen LogP contribution in [-0.4, -0.2) is 36.6 Å². The number of halogens is 3. The Bertz CT molecular complexity index is 872. The van der Waals surface area contributed by atoms with Gasteiger partial charge >= 0.3 is 12.1 Å². The highest BCUT2D eigenvalue weighted by molar-refractivity contribution is 5.69. The Hall–Kier alpha value is -1.56. The number of esters is 1. The summed E-state index contributed by atoms with van der Waals surface area (Å²) in [7, 11) is 0. The third-order valence-corrected chi connectivity index (χ3v) is 10.2. The molecule has 0 spiro atoms. The van der Waals surface area contributed by atoms with Crippen molar-refractivity contribution in [3.8, 4) is 0 Å². The molecule has 0 bridgehead atoms. The third kappa shape index (κ3) is 9.49. The van der Waals surface area contributed by atoms with E-state index in [1.165, 1.54) is 95.6 Å². The average molecular weight is 564 g/mol. The molecule has 0 aliphatic heterocycles. The maximum absolute atomic E-state index is 13.4. The lowest BCUT2D eigenvalue weighted by Gasteiger charge is -2.44. The number of hydrogen-bond acceptors (Lipinski definition) is 3. The fourth-order valence-electron chi connectivity index (χ4n) is 7.87. The van der Waals surface area contributed by atoms with Gasteiger partial charge in [0.2, 0.25) is 0 Å². The first-order chi connectivity index (χ1) is 19.3.